The number of thiophene rings is 1. The summed E-state index contributed by atoms with van der Waals surface area (Å²) in [7, 11) is 1.73. The molecule has 1 aliphatic rings. The fourth-order valence-corrected chi connectivity index (χ4v) is 3.64. The van der Waals surface area contributed by atoms with Gasteiger partial charge in [-0.05, 0) is 54.8 Å². The SMILES string of the molecule is COc1cccc(C2CC(NC(C)c3cccs3)C2)c1. The highest BCUT2D eigenvalue weighted by atomic mass is 32.1. The van der Waals surface area contributed by atoms with Crippen LogP contribution in [-0.2, 0) is 0 Å². The van der Waals surface area contributed by atoms with Crippen molar-refractivity contribution in [2.45, 2.75) is 37.8 Å². The molecular formula is C17H21NOS. The Morgan fingerprint density at radius 2 is 2.10 bits per heavy atom. The molecular weight excluding hydrogens is 266 g/mol. The summed E-state index contributed by atoms with van der Waals surface area (Å²) in [6.45, 7) is 2.25. The molecule has 1 aromatic heterocycles. The van der Waals surface area contributed by atoms with Crippen LogP contribution in [0, 0.1) is 0 Å². The second kappa shape index (κ2) is 5.98. The summed E-state index contributed by atoms with van der Waals surface area (Å²) in [6, 6.07) is 13.9. The molecule has 0 radical (unpaired) electrons. The third-order valence-corrected chi connectivity index (χ3v) is 5.21. The van der Waals surface area contributed by atoms with Crippen LogP contribution in [0.3, 0.4) is 0 Å². The summed E-state index contributed by atoms with van der Waals surface area (Å²) < 4.78 is 5.30. The molecule has 20 heavy (non-hydrogen) atoms. The molecule has 0 bridgehead atoms. The third kappa shape index (κ3) is 2.89. The summed E-state index contributed by atoms with van der Waals surface area (Å²) in [4.78, 5) is 1.43. The normalized spacial score (nSPS) is 23.1. The van der Waals surface area contributed by atoms with E-state index in [1.165, 1.54) is 23.3 Å². The number of hydrogen-bond acceptors (Lipinski definition) is 3. The van der Waals surface area contributed by atoms with Gasteiger partial charge in [0.1, 0.15) is 5.75 Å². The highest BCUT2D eigenvalue weighted by Crippen LogP contribution is 2.39. The highest BCUT2D eigenvalue weighted by molar-refractivity contribution is 7.10. The molecule has 1 aromatic carbocycles. The molecule has 106 valence electrons. The monoisotopic (exact) mass is 287 g/mol. The summed E-state index contributed by atoms with van der Waals surface area (Å²) in [5, 5.41) is 5.87. The second-order valence-corrected chi connectivity index (χ2v) is 6.52. The van der Waals surface area contributed by atoms with E-state index in [1.807, 2.05) is 17.4 Å². The third-order valence-electron chi connectivity index (χ3n) is 4.16. The zero-order valence-electron chi connectivity index (χ0n) is 12.0. The molecule has 1 saturated carbocycles. The van der Waals surface area contributed by atoms with Gasteiger partial charge in [0, 0.05) is 17.0 Å². The average Bonchev–Trinajstić information content (AvgIpc) is 2.96. The minimum atomic E-state index is 0.464. The first kappa shape index (κ1) is 13.7. The Labute approximate surface area is 124 Å². The molecule has 2 nitrogen and oxygen atoms in total. The molecule has 3 heteroatoms. The summed E-state index contributed by atoms with van der Waals surface area (Å²) in [5.74, 6) is 1.64. The predicted molar refractivity (Wildman–Crippen MR) is 84.6 cm³/mol. The highest BCUT2D eigenvalue weighted by Gasteiger charge is 2.31. The van der Waals surface area contributed by atoms with Gasteiger partial charge in [-0.15, -0.1) is 11.3 Å². The van der Waals surface area contributed by atoms with Crippen molar-refractivity contribution in [1.82, 2.24) is 5.32 Å². The van der Waals surface area contributed by atoms with Crippen LogP contribution in [0.15, 0.2) is 41.8 Å². The Bertz CT molecular complexity index is 546. The van der Waals surface area contributed by atoms with Crippen LogP contribution in [0.5, 0.6) is 5.75 Å². The van der Waals surface area contributed by atoms with Gasteiger partial charge in [-0.1, -0.05) is 18.2 Å². The number of nitrogens with one attached hydrogen (secondary N) is 1. The maximum absolute atomic E-state index is 5.30. The van der Waals surface area contributed by atoms with Gasteiger partial charge in [0.05, 0.1) is 7.11 Å². The van der Waals surface area contributed by atoms with Crippen LogP contribution >= 0.6 is 11.3 Å². The van der Waals surface area contributed by atoms with Gasteiger partial charge in [-0.3, -0.25) is 0 Å². The van der Waals surface area contributed by atoms with E-state index in [9.17, 15) is 0 Å². The van der Waals surface area contributed by atoms with Crippen molar-refractivity contribution in [3.63, 3.8) is 0 Å². The van der Waals surface area contributed by atoms with Gasteiger partial charge in [-0.25, -0.2) is 0 Å². The molecule has 1 N–H and O–H groups in total. The second-order valence-electron chi connectivity index (χ2n) is 5.55. The lowest BCUT2D eigenvalue weighted by Crippen LogP contribution is -2.41. The van der Waals surface area contributed by atoms with Gasteiger partial charge in [0.15, 0.2) is 0 Å². The number of rotatable bonds is 5. The number of benzene rings is 1. The minimum Gasteiger partial charge on any atom is -0.497 e. The fraction of sp³-hybridized carbons (Fsp3) is 0.412. The maximum atomic E-state index is 5.30. The molecule has 1 heterocycles. The van der Waals surface area contributed by atoms with E-state index < -0.39 is 0 Å². The van der Waals surface area contributed by atoms with Gasteiger partial charge in [0.2, 0.25) is 0 Å². The lowest BCUT2D eigenvalue weighted by atomic mass is 9.75. The molecule has 0 saturated heterocycles. The Kier molecular flexibility index (Phi) is 4.08. The van der Waals surface area contributed by atoms with Crippen LogP contribution in [-0.4, -0.2) is 13.2 Å². The number of hydrogen-bond donors (Lipinski definition) is 1. The van der Waals surface area contributed by atoms with E-state index in [1.54, 1.807) is 7.11 Å². The van der Waals surface area contributed by atoms with Gasteiger partial charge in [-0.2, -0.15) is 0 Å². The molecule has 0 aliphatic heterocycles. The van der Waals surface area contributed by atoms with Crippen LogP contribution in [0.1, 0.15) is 42.2 Å². The van der Waals surface area contributed by atoms with Gasteiger partial charge < -0.3 is 10.1 Å². The zero-order valence-corrected chi connectivity index (χ0v) is 12.8. The molecule has 0 spiro atoms. The Hall–Kier alpha value is -1.32. The van der Waals surface area contributed by atoms with E-state index in [4.69, 9.17) is 4.74 Å². The van der Waals surface area contributed by atoms with Crippen molar-refractivity contribution in [2.75, 3.05) is 7.11 Å². The Balaban J connectivity index is 1.53. The van der Waals surface area contributed by atoms with Crippen LogP contribution in [0.4, 0.5) is 0 Å². The van der Waals surface area contributed by atoms with E-state index in [0.717, 1.165) is 5.75 Å². The number of ether oxygens (including phenoxy) is 1. The lowest BCUT2D eigenvalue weighted by Gasteiger charge is -2.38. The van der Waals surface area contributed by atoms with Crippen LogP contribution in [0.2, 0.25) is 0 Å². The van der Waals surface area contributed by atoms with Crippen molar-refractivity contribution in [3.8, 4) is 5.75 Å². The van der Waals surface area contributed by atoms with E-state index in [0.29, 0.717) is 18.0 Å². The first-order valence-electron chi connectivity index (χ1n) is 7.19. The van der Waals surface area contributed by atoms with E-state index in [2.05, 4.69) is 48.0 Å². The van der Waals surface area contributed by atoms with Crippen molar-refractivity contribution < 1.29 is 4.74 Å². The standard InChI is InChI=1S/C17H21NOS/c1-12(17-7-4-8-20-17)18-15-9-14(10-15)13-5-3-6-16(11-13)19-2/h3-8,11-12,14-15,18H,9-10H2,1-2H3. The van der Waals surface area contributed by atoms with Crippen molar-refractivity contribution in [1.29, 1.82) is 0 Å². The Morgan fingerprint density at radius 1 is 1.25 bits per heavy atom. The Morgan fingerprint density at radius 3 is 2.80 bits per heavy atom. The smallest absolute Gasteiger partial charge is 0.119 e. The van der Waals surface area contributed by atoms with Crippen LogP contribution < -0.4 is 10.1 Å². The molecule has 1 aliphatic carbocycles. The summed E-state index contributed by atoms with van der Waals surface area (Å²) in [5.41, 5.74) is 1.41. The summed E-state index contributed by atoms with van der Waals surface area (Å²) in [6.07, 6.45) is 2.45. The maximum Gasteiger partial charge on any atom is 0.119 e. The van der Waals surface area contributed by atoms with Gasteiger partial charge >= 0.3 is 0 Å². The summed E-state index contributed by atoms with van der Waals surface area (Å²) >= 11 is 1.83. The van der Waals surface area contributed by atoms with E-state index >= 15 is 0 Å². The minimum absolute atomic E-state index is 0.464. The quantitative estimate of drug-likeness (QED) is 0.882. The topological polar surface area (TPSA) is 21.3 Å². The molecule has 1 atom stereocenters. The van der Waals surface area contributed by atoms with E-state index in [-0.39, 0.29) is 0 Å². The van der Waals surface area contributed by atoms with Crippen molar-refractivity contribution >= 4 is 11.3 Å². The predicted octanol–water partition coefficient (Wildman–Crippen LogP) is 4.35. The van der Waals surface area contributed by atoms with Gasteiger partial charge in [0.25, 0.3) is 0 Å². The fourth-order valence-electron chi connectivity index (χ4n) is 2.89. The lowest BCUT2D eigenvalue weighted by molar-refractivity contribution is 0.271. The van der Waals surface area contributed by atoms with Crippen LogP contribution in [0.25, 0.3) is 0 Å². The molecule has 2 aromatic rings. The van der Waals surface area contributed by atoms with Crippen molar-refractivity contribution in [2.24, 2.45) is 0 Å². The average molecular weight is 287 g/mol. The molecule has 0 amide bonds. The first-order chi connectivity index (χ1) is 9.76. The largest absolute Gasteiger partial charge is 0.497 e. The first-order valence-corrected chi connectivity index (χ1v) is 8.07. The zero-order chi connectivity index (χ0) is 13.9. The molecule has 1 fully saturated rings. The van der Waals surface area contributed by atoms with Crippen molar-refractivity contribution in [3.05, 3.63) is 52.2 Å². The molecule has 3 rings (SSSR count). The number of methoxy groups -OCH3 is 1. The molecule has 1 unspecified atom stereocenters.